The van der Waals surface area contributed by atoms with Crippen LogP contribution >= 0.6 is 0 Å². The summed E-state index contributed by atoms with van der Waals surface area (Å²) in [5.74, 6) is 1.79. The Balaban J connectivity index is 1.79. The highest BCUT2D eigenvalue weighted by molar-refractivity contribution is 5.35. The zero-order chi connectivity index (χ0) is 14.5. The van der Waals surface area contributed by atoms with Gasteiger partial charge in [-0.2, -0.15) is 0 Å². The van der Waals surface area contributed by atoms with Crippen molar-refractivity contribution in [3.63, 3.8) is 0 Å². The van der Waals surface area contributed by atoms with E-state index in [-0.39, 0.29) is 18.6 Å². The summed E-state index contributed by atoms with van der Waals surface area (Å²) in [6, 6.07) is 17.7. The molecule has 0 bridgehead atoms. The molecule has 110 valence electrons. The summed E-state index contributed by atoms with van der Waals surface area (Å²) in [5.41, 5.74) is 1.07. The molecule has 0 radical (unpaired) electrons. The largest absolute Gasteiger partial charge is 0.457 e. The van der Waals surface area contributed by atoms with E-state index < -0.39 is 0 Å². The molecule has 2 aromatic carbocycles. The van der Waals surface area contributed by atoms with Crippen molar-refractivity contribution in [2.45, 2.75) is 18.9 Å². The monoisotopic (exact) mass is 284 g/mol. The third-order valence-electron chi connectivity index (χ3n) is 3.84. The SMILES string of the molecule is OCC1CCCOC1c1cccc(Oc2ccccc2)c1. The Hall–Kier alpha value is -1.84. The standard InChI is InChI=1S/C18H20O3/c19-13-15-7-5-11-20-18(15)14-6-4-10-17(12-14)21-16-8-2-1-3-9-16/h1-4,6,8-10,12,15,18-19H,5,7,11,13H2. The van der Waals surface area contributed by atoms with E-state index in [1.54, 1.807) is 0 Å². The van der Waals surface area contributed by atoms with Crippen molar-refractivity contribution in [2.75, 3.05) is 13.2 Å². The first-order chi connectivity index (χ1) is 10.4. The van der Waals surface area contributed by atoms with Crippen LogP contribution in [0.5, 0.6) is 11.5 Å². The van der Waals surface area contributed by atoms with Gasteiger partial charge in [0.15, 0.2) is 0 Å². The van der Waals surface area contributed by atoms with Crippen LogP contribution in [-0.2, 0) is 4.74 Å². The van der Waals surface area contributed by atoms with Crippen LogP contribution in [0.4, 0.5) is 0 Å². The lowest BCUT2D eigenvalue weighted by atomic mass is 9.90. The third-order valence-corrected chi connectivity index (χ3v) is 3.84. The predicted octanol–water partition coefficient (Wildman–Crippen LogP) is 3.94. The molecular formula is C18H20O3. The molecule has 0 aliphatic carbocycles. The number of aliphatic hydroxyl groups is 1. The number of hydrogen-bond acceptors (Lipinski definition) is 3. The van der Waals surface area contributed by atoms with Gasteiger partial charge in [-0.1, -0.05) is 30.3 Å². The molecular weight excluding hydrogens is 264 g/mol. The van der Waals surface area contributed by atoms with Crippen molar-refractivity contribution in [3.8, 4) is 11.5 Å². The van der Waals surface area contributed by atoms with Gasteiger partial charge in [0.1, 0.15) is 11.5 Å². The average Bonchev–Trinajstić information content (AvgIpc) is 2.56. The van der Waals surface area contributed by atoms with E-state index in [0.717, 1.165) is 36.5 Å². The molecule has 3 heteroatoms. The molecule has 1 N–H and O–H groups in total. The Bertz CT molecular complexity index is 568. The average molecular weight is 284 g/mol. The second-order valence-corrected chi connectivity index (χ2v) is 5.36. The zero-order valence-electron chi connectivity index (χ0n) is 11.9. The van der Waals surface area contributed by atoms with Crippen molar-refractivity contribution in [3.05, 3.63) is 60.2 Å². The number of ether oxygens (including phenoxy) is 2. The Morgan fingerprint density at radius 2 is 1.86 bits per heavy atom. The molecule has 0 amide bonds. The minimum atomic E-state index is -0.0388. The molecule has 1 heterocycles. The topological polar surface area (TPSA) is 38.7 Å². The molecule has 2 atom stereocenters. The Morgan fingerprint density at radius 1 is 1.05 bits per heavy atom. The zero-order valence-corrected chi connectivity index (χ0v) is 11.9. The van der Waals surface area contributed by atoms with Crippen LogP contribution in [0.1, 0.15) is 24.5 Å². The highest BCUT2D eigenvalue weighted by Gasteiger charge is 2.27. The number of para-hydroxylation sites is 1. The first-order valence-corrected chi connectivity index (χ1v) is 7.42. The molecule has 3 rings (SSSR count). The number of rotatable bonds is 4. The van der Waals surface area contributed by atoms with E-state index in [0.29, 0.717) is 0 Å². The Labute approximate surface area is 125 Å². The van der Waals surface area contributed by atoms with E-state index in [1.165, 1.54) is 0 Å². The van der Waals surface area contributed by atoms with Gasteiger partial charge in [-0.15, -0.1) is 0 Å². The highest BCUT2D eigenvalue weighted by Crippen LogP contribution is 2.35. The van der Waals surface area contributed by atoms with Crippen molar-refractivity contribution in [1.29, 1.82) is 0 Å². The summed E-state index contributed by atoms with van der Waals surface area (Å²) in [4.78, 5) is 0. The summed E-state index contributed by atoms with van der Waals surface area (Å²) >= 11 is 0. The fraction of sp³-hybridized carbons (Fsp3) is 0.333. The van der Waals surface area contributed by atoms with Gasteiger partial charge in [0, 0.05) is 19.1 Å². The molecule has 0 aromatic heterocycles. The first kappa shape index (κ1) is 14.1. The Kier molecular flexibility index (Phi) is 4.53. The lowest BCUT2D eigenvalue weighted by Crippen LogP contribution is -2.25. The summed E-state index contributed by atoms with van der Waals surface area (Å²) in [7, 11) is 0. The summed E-state index contributed by atoms with van der Waals surface area (Å²) in [6.45, 7) is 0.916. The summed E-state index contributed by atoms with van der Waals surface area (Å²) < 4.78 is 11.7. The fourth-order valence-corrected chi connectivity index (χ4v) is 2.78. The number of hydrogen-bond donors (Lipinski definition) is 1. The summed E-state index contributed by atoms with van der Waals surface area (Å²) in [6.07, 6.45) is 1.98. The maximum atomic E-state index is 9.52. The van der Waals surface area contributed by atoms with Gasteiger partial charge in [0.25, 0.3) is 0 Å². The number of benzene rings is 2. The van der Waals surface area contributed by atoms with E-state index in [9.17, 15) is 5.11 Å². The van der Waals surface area contributed by atoms with Crippen molar-refractivity contribution >= 4 is 0 Å². The fourth-order valence-electron chi connectivity index (χ4n) is 2.78. The van der Waals surface area contributed by atoms with Crippen LogP contribution in [0.2, 0.25) is 0 Å². The van der Waals surface area contributed by atoms with Crippen LogP contribution in [-0.4, -0.2) is 18.3 Å². The lowest BCUT2D eigenvalue weighted by molar-refractivity contribution is -0.0457. The van der Waals surface area contributed by atoms with E-state index in [2.05, 4.69) is 0 Å². The van der Waals surface area contributed by atoms with Crippen LogP contribution < -0.4 is 4.74 Å². The van der Waals surface area contributed by atoms with Crippen LogP contribution in [0.15, 0.2) is 54.6 Å². The number of aliphatic hydroxyl groups excluding tert-OH is 1. The normalized spacial score (nSPS) is 22.0. The molecule has 2 unspecified atom stereocenters. The van der Waals surface area contributed by atoms with Gasteiger partial charge in [-0.05, 0) is 42.7 Å². The molecule has 21 heavy (non-hydrogen) atoms. The maximum Gasteiger partial charge on any atom is 0.127 e. The molecule has 3 nitrogen and oxygen atoms in total. The van der Waals surface area contributed by atoms with Gasteiger partial charge in [-0.25, -0.2) is 0 Å². The van der Waals surface area contributed by atoms with Gasteiger partial charge >= 0.3 is 0 Å². The van der Waals surface area contributed by atoms with Crippen molar-refractivity contribution < 1.29 is 14.6 Å². The molecule has 0 saturated carbocycles. The lowest BCUT2D eigenvalue weighted by Gasteiger charge is -2.31. The minimum absolute atomic E-state index is 0.0388. The third kappa shape index (κ3) is 3.43. The molecule has 1 saturated heterocycles. The smallest absolute Gasteiger partial charge is 0.127 e. The van der Waals surface area contributed by atoms with Crippen molar-refractivity contribution in [2.24, 2.45) is 5.92 Å². The molecule has 1 aliphatic heterocycles. The van der Waals surface area contributed by atoms with E-state index in [4.69, 9.17) is 9.47 Å². The second kappa shape index (κ2) is 6.74. The van der Waals surface area contributed by atoms with Crippen LogP contribution in [0.3, 0.4) is 0 Å². The van der Waals surface area contributed by atoms with Crippen molar-refractivity contribution in [1.82, 2.24) is 0 Å². The maximum absolute atomic E-state index is 9.52. The molecule has 0 spiro atoms. The van der Waals surface area contributed by atoms with Gasteiger partial charge < -0.3 is 14.6 Å². The Morgan fingerprint density at radius 3 is 2.67 bits per heavy atom. The van der Waals surface area contributed by atoms with E-state index in [1.807, 2.05) is 54.6 Å². The van der Waals surface area contributed by atoms with Crippen LogP contribution in [0.25, 0.3) is 0 Å². The van der Waals surface area contributed by atoms with Gasteiger partial charge in [-0.3, -0.25) is 0 Å². The predicted molar refractivity (Wildman–Crippen MR) is 81.5 cm³/mol. The molecule has 2 aromatic rings. The van der Waals surface area contributed by atoms with E-state index >= 15 is 0 Å². The van der Waals surface area contributed by atoms with Gasteiger partial charge in [0.2, 0.25) is 0 Å². The summed E-state index contributed by atoms with van der Waals surface area (Å²) in [5, 5.41) is 9.52. The van der Waals surface area contributed by atoms with Gasteiger partial charge in [0.05, 0.1) is 6.10 Å². The molecule has 1 fully saturated rings. The first-order valence-electron chi connectivity index (χ1n) is 7.42. The van der Waals surface area contributed by atoms with Crippen LogP contribution in [0, 0.1) is 5.92 Å². The molecule has 1 aliphatic rings. The second-order valence-electron chi connectivity index (χ2n) is 5.36. The quantitative estimate of drug-likeness (QED) is 0.924. The highest BCUT2D eigenvalue weighted by atomic mass is 16.5. The minimum Gasteiger partial charge on any atom is -0.457 e.